The molecule has 0 bridgehead atoms. The summed E-state index contributed by atoms with van der Waals surface area (Å²) >= 11 is 1.14. The van der Waals surface area contributed by atoms with E-state index in [4.69, 9.17) is 9.47 Å². The van der Waals surface area contributed by atoms with E-state index in [1.807, 2.05) is 24.3 Å². The number of amides is 1. The van der Waals surface area contributed by atoms with E-state index < -0.39 is 0 Å². The van der Waals surface area contributed by atoms with E-state index in [0.29, 0.717) is 29.0 Å². The van der Waals surface area contributed by atoms with Crippen LogP contribution in [0.2, 0.25) is 0 Å². The average molecular weight is 383 g/mol. The zero-order valence-corrected chi connectivity index (χ0v) is 16.2. The minimum atomic E-state index is -0.233. The number of ether oxygens (including phenoxy) is 2. The largest absolute Gasteiger partial charge is 0.497 e. The van der Waals surface area contributed by atoms with Gasteiger partial charge < -0.3 is 9.47 Å². The summed E-state index contributed by atoms with van der Waals surface area (Å²) < 4.78 is 15.1. The van der Waals surface area contributed by atoms with Crippen LogP contribution in [0.25, 0.3) is 11.4 Å². The topological polar surface area (TPSA) is 73.3 Å². The maximum absolute atomic E-state index is 12.4. The van der Waals surface area contributed by atoms with Crippen LogP contribution in [0.5, 0.6) is 11.5 Å². The van der Waals surface area contributed by atoms with Gasteiger partial charge in [0.2, 0.25) is 5.13 Å². The Balaban J connectivity index is 1.63. The Morgan fingerprint density at radius 3 is 2.37 bits per heavy atom. The van der Waals surface area contributed by atoms with Gasteiger partial charge in [0.15, 0.2) is 5.82 Å². The summed E-state index contributed by atoms with van der Waals surface area (Å²) in [6.07, 6.45) is 0. The molecule has 0 radical (unpaired) electrons. The highest BCUT2D eigenvalue weighted by Crippen LogP contribution is 2.24. The molecule has 0 fully saturated rings. The molecule has 3 rings (SSSR count). The van der Waals surface area contributed by atoms with Gasteiger partial charge in [-0.3, -0.25) is 10.1 Å². The van der Waals surface area contributed by atoms with Gasteiger partial charge >= 0.3 is 0 Å². The van der Waals surface area contributed by atoms with E-state index in [1.54, 1.807) is 31.4 Å². The van der Waals surface area contributed by atoms with E-state index in [-0.39, 0.29) is 5.91 Å². The molecule has 1 N–H and O–H groups in total. The maximum Gasteiger partial charge on any atom is 0.257 e. The maximum atomic E-state index is 12.4. The van der Waals surface area contributed by atoms with Gasteiger partial charge in [-0.25, -0.2) is 0 Å². The number of rotatable bonds is 7. The second-order valence-electron chi connectivity index (χ2n) is 6.33. The Labute approximate surface area is 162 Å². The van der Waals surface area contributed by atoms with Crippen molar-refractivity contribution >= 4 is 22.6 Å². The van der Waals surface area contributed by atoms with Gasteiger partial charge in [-0.2, -0.15) is 9.36 Å². The van der Waals surface area contributed by atoms with Gasteiger partial charge in [0.25, 0.3) is 5.91 Å². The Morgan fingerprint density at radius 2 is 1.74 bits per heavy atom. The molecule has 3 aromatic rings. The molecule has 1 heterocycles. The summed E-state index contributed by atoms with van der Waals surface area (Å²) in [4.78, 5) is 16.8. The first kappa shape index (κ1) is 18.8. The van der Waals surface area contributed by atoms with Gasteiger partial charge in [0, 0.05) is 22.7 Å². The molecule has 1 amide bonds. The van der Waals surface area contributed by atoms with Gasteiger partial charge in [-0.1, -0.05) is 13.8 Å². The number of carbonyl (C=O) groups excluding carboxylic acids is 1. The lowest BCUT2D eigenvalue weighted by atomic mass is 10.2. The van der Waals surface area contributed by atoms with Crippen LogP contribution < -0.4 is 14.8 Å². The fourth-order valence-corrected chi connectivity index (χ4v) is 2.85. The highest BCUT2D eigenvalue weighted by molar-refractivity contribution is 7.10. The molecule has 140 valence electrons. The van der Waals surface area contributed by atoms with Crippen molar-refractivity contribution in [2.45, 2.75) is 13.8 Å². The third-order valence-electron chi connectivity index (χ3n) is 3.69. The predicted molar refractivity (Wildman–Crippen MR) is 107 cm³/mol. The van der Waals surface area contributed by atoms with Crippen LogP contribution in [-0.4, -0.2) is 29.0 Å². The van der Waals surface area contributed by atoms with Gasteiger partial charge in [0.05, 0.1) is 13.7 Å². The summed E-state index contributed by atoms with van der Waals surface area (Å²) in [6.45, 7) is 4.82. The Bertz CT molecular complexity index is 890. The number of anilines is 1. The zero-order chi connectivity index (χ0) is 19.2. The lowest BCUT2D eigenvalue weighted by Gasteiger charge is -2.09. The molecule has 0 aliphatic carbocycles. The number of hydrogen-bond donors (Lipinski definition) is 1. The lowest BCUT2D eigenvalue weighted by Crippen LogP contribution is -2.11. The first-order chi connectivity index (χ1) is 13.0. The van der Waals surface area contributed by atoms with E-state index >= 15 is 0 Å². The van der Waals surface area contributed by atoms with Crippen molar-refractivity contribution in [3.63, 3.8) is 0 Å². The zero-order valence-electron chi connectivity index (χ0n) is 15.4. The van der Waals surface area contributed by atoms with Crippen molar-refractivity contribution in [1.29, 1.82) is 0 Å². The normalized spacial score (nSPS) is 10.7. The van der Waals surface area contributed by atoms with Crippen molar-refractivity contribution < 1.29 is 14.3 Å². The molecular weight excluding hydrogens is 362 g/mol. The second kappa shape index (κ2) is 8.64. The van der Waals surface area contributed by atoms with Crippen LogP contribution in [0.4, 0.5) is 5.13 Å². The van der Waals surface area contributed by atoms with Gasteiger partial charge in [0.1, 0.15) is 11.5 Å². The first-order valence-corrected chi connectivity index (χ1v) is 9.35. The van der Waals surface area contributed by atoms with Crippen LogP contribution in [-0.2, 0) is 0 Å². The van der Waals surface area contributed by atoms with E-state index in [2.05, 4.69) is 28.5 Å². The molecule has 2 aromatic carbocycles. The van der Waals surface area contributed by atoms with Crippen molar-refractivity contribution in [3.05, 3.63) is 54.1 Å². The van der Waals surface area contributed by atoms with Crippen molar-refractivity contribution in [2.24, 2.45) is 5.92 Å². The second-order valence-corrected chi connectivity index (χ2v) is 7.09. The third kappa shape index (κ3) is 5.04. The van der Waals surface area contributed by atoms with Crippen LogP contribution in [0.1, 0.15) is 24.2 Å². The fraction of sp³-hybridized carbons (Fsp3) is 0.250. The molecule has 0 aliphatic rings. The Hall–Kier alpha value is -2.93. The van der Waals surface area contributed by atoms with Gasteiger partial charge in [-0.15, -0.1) is 0 Å². The average Bonchev–Trinajstić information content (AvgIpc) is 3.15. The molecule has 0 unspecified atom stereocenters. The quantitative estimate of drug-likeness (QED) is 0.650. The van der Waals surface area contributed by atoms with Gasteiger partial charge in [-0.05, 0) is 54.4 Å². The number of nitrogens with one attached hydrogen (secondary N) is 1. The molecule has 0 saturated heterocycles. The van der Waals surface area contributed by atoms with E-state index in [1.165, 1.54) is 0 Å². The van der Waals surface area contributed by atoms with Crippen molar-refractivity contribution in [2.75, 3.05) is 19.0 Å². The molecule has 1 aromatic heterocycles. The van der Waals surface area contributed by atoms with Crippen molar-refractivity contribution in [3.8, 4) is 22.9 Å². The van der Waals surface area contributed by atoms with Crippen LogP contribution >= 0.6 is 11.5 Å². The minimum Gasteiger partial charge on any atom is -0.497 e. The third-order valence-corrected chi connectivity index (χ3v) is 4.33. The summed E-state index contributed by atoms with van der Waals surface area (Å²) in [7, 11) is 1.62. The fourth-order valence-electron chi connectivity index (χ4n) is 2.27. The predicted octanol–water partition coefficient (Wildman–Crippen LogP) is 4.50. The molecule has 0 spiro atoms. The molecule has 7 heteroatoms. The molecule has 0 atom stereocenters. The standard InChI is InChI=1S/C20H21N3O3S/c1-13(2)12-26-17-10-6-15(7-11-17)19(24)22-20-21-18(23-27-20)14-4-8-16(25-3)9-5-14/h4-11,13H,12H2,1-3H3,(H,21,22,23,24). The van der Waals surface area contributed by atoms with E-state index in [9.17, 15) is 4.79 Å². The summed E-state index contributed by atoms with van der Waals surface area (Å²) in [6, 6.07) is 14.5. The highest BCUT2D eigenvalue weighted by atomic mass is 32.1. The lowest BCUT2D eigenvalue weighted by molar-refractivity contribution is 0.102. The number of benzene rings is 2. The Morgan fingerprint density at radius 1 is 1.07 bits per heavy atom. The number of nitrogens with zero attached hydrogens (tertiary/aromatic N) is 2. The number of hydrogen-bond acceptors (Lipinski definition) is 6. The monoisotopic (exact) mass is 383 g/mol. The van der Waals surface area contributed by atoms with Crippen LogP contribution in [0, 0.1) is 5.92 Å². The number of aromatic nitrogens is 2. The molecule has 0 aliphatic heterocycles. The SMILES string of the molecule is COc1ccc(-c2nsc(NC(=O)c3ccc(OCC(C)C)cc3)n2)cc1. The smallest absolute Gasteiger partial charge is 0.257 e. The van der Waals surface area contributed by atoms with Crippen LogP contribution in [0.3, 0.4) is 0 Å². The molecule has 6 nitrogen and oxygen atoms in total. The van der Waals surface area contributed by atoms with Crippen LogP contribution in [0.15, 0.2) is 48.5 Å². The summed E-state index contributed by atoms with van der Waals surface area (Å²) in [5, 5.41) is 3.23. The first-order valence-electron chi connectivity index (χ1n) is 8.57. The van der Waals surface area contributed by atoms with E-state index in [0.717, 1.165) is 28.6 Å². The summed E-state index contributed by atoms with van der Waals surface area (Å²) in [5.41, 5.74) is 1.40. The minimum absolute atomic E-state index is 0.233. The number of carbonyl (C=O) groups is 1. The molecular formula is C20H21N3O3S. The van der Waals surface area contributed by atoms with Crippen molar-refractivity contribution in [1.82, 2.24) is 9.36 Å². The highest BCUT2D eigenvalue weighted by Gasteiger charge is 2.12. The molecule has 27 heavy (non-hydrogen) atoms. The summed E-state index contributed by atoms with van der Waals surface area (Å²) in [5.74, 6) is 2.30. The molecule has 0 saturated carbocycles. The number of methoxy groups -OCH3 is 1. The Kier molecular flexibility index (Phi) is 6.03.